The lowest BCUT2D eigenvalue weighted by molar-refractivity contribution is 0.102. The van der Waals surface area contributed by atoms with Gasteiger partial charge in [0.25, 0.3) is 11.5 Å². The molecule has 0 spiro atoms. The number of amides is 1. The number of aromatic nitrogens is 2. The molecule has 2 N–H and O–H groups in total. The van der Waals surface area contributed by atoms with E-state index in [1.807, 2.05) is 0 Å². The van der Waals surface area contributed by atoms with Crippen LogP contribution in [0.4, 0.5) is 5.69 Å². The number of carbonyl (C=O) groups is 1. The lowest BCUT2D eigenvalue weighted by Crippen LogP contribution is -2.33. The average Bonchev–Trinajstić information content (AvgIpc) is 2.79. The molecule has 1 heterocycles. The minimum Gasteiger partial charge on any atom is -0.495 e. The highest BCUT2D eigenvalue weighted by molar-refractivity contribution is 6.32. The van der Waals surface area contributed by atoms with E-state index in [0.29, 0.717) is 27.9 Å². The van der Waals surface area contributed by atoms with Crippen LogP contribution < -0.4 is 26.0 Å². The van der Waals surface area contributed by atoms with Crippen molar-refractivity contribution in [3.8, 4) is 17.2 Å². The monoisotopic (exact) mass is 451 g/mol. The number of benzene rings is 3. The summed E-state index contributed by atoms with van der Waals surface area (Å²) in [6.07, 6.45) is 0. The summed E-state index contributed by atoms with van der Waals surface area (Å²) in [6, 6.07) is 16.1. The lowest BCUT2D eigenvalue weighted by Gasteiger charge is -2.13. The highest BCUT2D eigenvalue weighted by Crippen LogP contribution is 2.36. The van der Waals surface area contributed by atoms with Crippen LogP contribution >= 0.6 is 11.6 Å². The van der Waals surface area contributed by atoms with Gasteiger partial charge in [-0.05, 0) is 36.4 Å². The molecule has 0 saturated carbocycles. The SMILES string of the molecule is COc1cc(OC)c(NC(=O)c2ccc3c(=O)n(-c4ccccc4)c(=O)[nH]c3c2)cc1Cl. The predicted molar refractivity (Wildman–Crippen MR) is 123 cm³/mol. The van der Waals surface area contributed by atoms with Crippen LogP contribution in [0, 0.1) is 0 Å². The van der Waals surface area contributed by atoms with Crippen LogP contribution in [-0.4, -0.2) is 29.7 Å². The van der Waals surface area contributed by atoms with Crippen LogP contribution in [0.25, 0.3) is 16.6 Å². The van der Waals surface area contributed by atoms with E-state index in [1.54, 1.807) is 36.4 Å². The lowest BCUT2D eigenvalue weighted by atomic mass is 10.1. The standard InChI is InChI=1S/C23H18ClN3O5/c1-31-19-12-20(32-2)18(11-16(19)24)25-21(28)13-8-9-15-17(10-13)26-23(30)27(22(15)29)14-6-4-3-5-7-14/h3-12H,1-2H3,(H,25,28)(H,26,30). The van der Waals surface area contributed by atoms with Gasteiger partial charge in [0.2, 0.25) is 0 Å². The van der Waals surface area contributed by atoms with Gasteiger partial charge in [-0.2, -0.15) is 0 Å². The number of fused-ring (bicyclic) bond motifs is 1. The predicted octanol–water partition coefficient (Wildman–Crippen LogP) is 3.60. The van der Waals surface area contributed by atoms with Gasteiger partial charge in [0.05, 0.1) is 41.5 Å². The number of nitrogens with zero attached hydrogens (tertiary/aromatic N) is 1. The average molecular weight is 452 g/mol. The largest absolute Gasteiger partial charge is 0.495 e. The molecule has 0 unspecified atom stereocenters. The first kappa shape index (κ1) is 21.2. The Morgan fingerprint density at radius 3 is 2.38 bits per heavy atom. The van der Waals surface area contributed by atoms with Crippen molar-refractivity contribution in [2.75, 3.05) is 19.5 Å². The summed E-state index contributed by atoms with van der Waals surface area (Å²) >= 11 is 6.16. The highest BCUT2D eigenvalue weighted by Gasteiger charge is 2.16. The van der Waals surface area contributed by atoms with Gasteiger partial charge in [-0.25, -0.2) is 9.36 Å². The first-order valence-electron chi connectivity index (χ1n) is 9.50. The molecule has 0 aliphatic rings. The van der Waals surface area contributed by atoms with Crippen molar-refractivity contribution in [3.05, 3.63) is 92.1 Å². The smallest absolute Gasteiger partial charge is 0.333 e. The van der Waals surface area contributed by atoms with E-state index in [2.05, 4.69) is 10.3 Å². The molecule has 9 heteroatoms. The van der Waals surface area contributed by atoms with Crippen molar-refractivity contribution in [2.24, 2.45) is 0 Å². The molecule has 32 heavy (non-hydrogen) atoms. The van der Waals surface area contributed by atoms with Crippen LogP contribution in [0.5, 0.6) is 11.5 Å². The number of carbonyl (C=O) groups excluding carboxylic acids is 1. The molecule has 162 valence electrons. The van der Waals surface area contributed by atoms with E-state index >= 15 is 0 Å². The number of hydrogen-bond acceptors (Lipinski definition) is 5. The maximum atomic E-state index is 12.9. The molecular formula is C23H18ClN3O5. The van der Waals surface area contributed by atoms with Gasteiger partial charge in [0, 0.05) is 11.6 Å². The summed E-state index contributed by atoms with van der Waals surface area (Å²) < 4.78 is 11.5. The topological polar surface area (TPSA) is 102 Å². The van der Waals surface area contributed by atoms with E-state index in [9.17, 15) is 14.4 Å². The highest BCUT2D eigenvalue weighted by atomic mass is 35.5. The van der Waals surface area contributed by atoms with E-state index in [1.165, 1.54) is 38.5 Å². The van der Waals surface area contributed by atoms with Gasteiger partial charge >= 0.3 is 5.69 Å². The third-order valence-electron chi connectivity index (χ3n) is 4.90. The number of rotatable bonds is 5. The number of anilines is 1. The zero-order valence-electron chi connectivity index (χ0n) is 17.1. The van der Waals surface area contributed by atoms with Gasteiger partial charge in [-0.15, -0.1) is 0 Å². The molecule has 0 fully saturated rings. The number of halogens is 1. The molecule has 0 atom stereocenters. The van der Waals surface area contributed by atoms with Crippen molar-refractivity contribution >= 4 is 34.1 Å². The molecule has 8 nitrogen and oxygen atoms in total. The van der Waals surface area contributed by atoms with E-state index in [0.717, 1.165) is 4.57 Å². The number of hydrogen-bond donors (Lipinski definition) is 2. The van der Waals surface area contributed by atoms with Crippen LogP contribution in [0.15, 0.2) is 70.3 Å². The minimum absolute atomic E-state index is 0.235. The molecule has 3 aromatic carbocycles. The molecule has 4 aromatic rings. The Labute approximate surface area is 187 Å². The van der Waals surface area contributed by atoms with Crippen LogP contribution in [0.1, 0.15) is 10.4 Å². The second kappa shape index (κ2) is 8.60. The third-order valence-corrected chi connectivity index (χ3v) is 5.19. The molecular weight excluding hydrogens is 434 g/mol. The van der Waals surface area contributed by atoms with Crippen molar-refractivity contribution in [2.45, 2.75) is 0 Å². The van der Waals surface area contributed by atoms with E-state index in [4.69, 9.17) is 21.1 Å². The second-order valence-electron chi connectivity index (χ2n) is 6.81. The maximum absolute atomic E-state index is 12.9. The fraction of sp³-hybridized carbons (Fsp3) is 0.0870. The summed E-state index contributed by atoms with van der Waals surface area (Å²) in [6.45, 7) is 0. The zero-order valence-corrected chi connectivity index (χ0v) is 17.9. The molecule has 1 aromatic heterocycles. The number of para-hydroxylation sites is 1. The first-order valence-corrected chi connectivity index (χ1v) is 9.88. The minimum atomic E-state index is -0.602. The quantitative estimate of drug-likeness (QED) is 0.482. The molecule has 0 aliphatic heterocycles. The fourth-order valence-electron chi connectivity index (χ4n) is 3.32. The number of H-pyrrole nitrogens is 1. The van der Waals surface area contributed by atoms with Crippen LogP contribution in [0.2, 0.25) is 5.02 Å². The van der Waals surface area contributed by atoms with Crippen molar-refractivity contribution < 1.29 is 14.3 Å². The number of aromatic amines is 1. The van der Waals surface area contributed by atoms with Gasteiger partial charge < -0.3 is 19.8 Å². The Balaban J connectivity index is 1.72. The van der Waals surface area contributed by atoms with Crippen LogP contribution in [0.3, 0.4) is 0 Å². The maximum Gasteiger partial charge on any atom is 0.333 e. The summed E-state index contributed by atoms with van der Waals surface area (Å²) in [7, 11) is 2.93. The molecule has 0 radical (unpaired) electrons. The van der Waals surface area contributed by atoms with Crippen molar-refractivity contribution in [3.63, 3.8) is 0 Å². The van der Waals surface area contributed by atoms with Gasteiger partial charge in [-0.3, -0.25) is 9.59 Å². The Hall–Kier alpha value is -4.04. The number of methoxy groups -OCH3 is 2. The van der Waals surface area contributed by atoms with Gasteiger partial charge in [0.1, 0.15) is 11.5 Å². The van der Waals surface area contributed by atoms with Gasteiger partial charge in [-0.1, -0.05) is 29.8 Å². The molecule has 0 aliphatic carbocycles. The van der Waals surface area contributed by atoms with Crippen LogP contribution in [-0.2, 0) is 0 Å². The molecule has 4 rings (SSSR count). The number of nitrogens with one attached hydrogen (secondary N) is 2. The Bertz CT molecular complexity index is 1440. The Morgan fingerprint density at radius 1 is 0.969 bits per heavy atom. The normalized spacial score (nSPS) is 10.7. The summed E-state index contributed by atoms with van der Waals surface area (Å²) in [5.74, 6) is 0.290. The Morgan fingerprint density at radius 2 is 1.69 bits per heavy atom. The second-order valence-corrected chi connectivity index (χ2v) is 7.21. The third kappa shape index (κ3) is 3.83. The van der Waals surface area contributed by atoms with E-state index in [-0.39, 0.29) is 16.5 Å². The Kier molecular flexibility index (Phi) is 5.70. The van der Waals surface area contributed by atoms with Gasteiger partial charge in [0.15, 0.2) is 0 Å². The first-order chi connectivity index (χ1) is 15.4. The summed E-state index contributed by atoms with van der Waals surface area (Å²) in [5.41, 5.74) is 0.196. The fourth-order valence-corrected chi connectivity index (χ4v) is 3.56. The van der Waals surface area contributed by atoms with Crippen molar-refractivity contribution in [1.82, 2.24) is 9.55 Å². The molecule has 0 bridgehead atoms. The zero-order chi connectivity index (χ0) is 22.8. The number of ether oxygens (including phenoxy) is 2. The van der Waals surface area contributed by atoms with Crippen molar-refractivity contribution in [1.29, 1.82) is 0 Å². The summed E-state index contributed by atoms with van der Waals surface area (Å²) in [5, 5.41) is 3.29. The van der Waals surface area contributed by atoms with E-state index < -0.39 is 17.2 Å². The summed E-state index contributed by atoms with van der Waals surface area (Å²) in [4.78, 5) is 41.0. The molecule has 0 saturated heterocycles. The molecule has 1 amide bonds.